The van der Waals surface area contributed by atoms with Gasteiger partial charge in [-0.3, -0.25) is 4.79 Å². The van der Waals surface area contributed by atoms with E-state index in [-0.39, 0.29) is 12.0 Å². The quantitative estimate of drug-likeness (QED) is 0.857. The van der Waals surface area contributed by atoms with Crippen molar-refractivity contribution in [3.05, 3.63) is 71.0 Å². The molecule has 0 aliphatic rings. The summed E-state index contributed by atoms with van der Waals surface area (Å²) in [5.74, 6) is -4.60. The molecule has 2 aromatic carbocycles. The molecule has 0 spiro atoms. The van der Waals surface area contributed by atoms with Gasteiger partial charge in [0.1, 0.15) is 0 Å². The maximum absolute atomic E-state index is 13.4. The number of carbonyl (C=O) groups is 1. The summed E-state index contributed by atoms with van der Waals surface area (Å²) in [5, 5.41) is 2.59. The van der Waals surface area contributed by atoms with Gasteiger partial charge in [-0.05, 0) is 11.6 Å². The number of carbonyl (C=O) groups excluding carboxylic acids is 1. The number of halogens is 3. The first-order chi connectivity index (χ1) is 9.58. The van der Waals surface area contributed by atoms with Gasteiger partial charge in [-0.2, -0.15) is 0 Å². The van der Waals surface area contributed by atoms with E-state index in [0.717, 1.165) is 17.7 Å². The van der Waals surface area contributed by atoms with E-state index in [1.54, 1.807) is 0 Å². The van der Waals surface area contributed by atoms with Gasteiger partial charge < -0.3 is 5.32 Å². The van der Waals surface area contributed by atoms with Gasteiger partial charge in [0, 0.05) is 12.1 Å². The number of amides is 1. The topological polar surface area (TPSA) is 29.1 Å². The van der Waals surface area contributed by atoms with Crippen LogP contribution >= 0.6 is 0 Å². The fourth-order valence-corrected chi connectivity index (χ4v) is 1.73. The minimum atomic E-state index is -1.56. The van der Waals surface area contributed by atoms with E-state index in [1.165, 1.54) is 0 Å². The summed E-state index contributed by atoms with van der Waals surface area (Å²) in [7, 11) is 0. The molecule has 0 saturated carbocycles. The Morgan fingerprint density at radius 2 is 1.65 bits per heavy atom. The van der Waals surface area contributed by atoms with Crippen molar-refractivity contribution < 1.29 is 18.0 Å². The van der Waals surface area contributed by atoms with E-state index in [9.17, 15) is 18.0 Å². The van der Waals surface area contributed by atoms with Gasteiger partial charge in [0.25, 0.3) is 0 Å². The third-order valence-electron chi connectivity index (χ3n) is 2.80. The van der Waals surface area contributed by atoms with Crippen LogP contribution in [0, 0.1) is 17.5 Å². The molecule has 1 N–H and O–H groups in total. The zero-order valence-corrected chi connectivity index (χ0v) is 10.5. The molecular formula is C15H12F3NO. The second kappa shape index (κ2) is 6.23. The minimum Gasteiger partial charge on any atom is -0.352 e. The van der Waals surface area contributed by atoms with E-state index < -0.39 is 23.4 Å². The maximum Gasteiger partial charge on any atom is 0.224 e. The number of benzene rings is 2. The summed E-state index contributed by atoms with van der Waals surface area (Å²) in [4.78, 5) is 11.6. The lowest BCUT2D eigenvalue weighted by Gasteiger charge is -2.07. The van der Waals surface area contributed by atoms with Crippen molar-refractivity contribution in [1.82, 2.24) is 5.32 Å². The zero-order chi connectivity index (χ0) is 14.5. The highest BCUT2D eigenvalue weighted by Crippen LogP contribution is 2.15. The van der Waals surface area contributed by atoms with E-state index in [0.29, 0.717) is 6.54 Å². The number of nitrogens with one attached hydrogen (secondary N) is 1. The summed E-state index contributed by atoms with van der Waals surface area (Å²) >= 11 is 0. The molecule has 0 atom stereocenters. The Morgan fingerprint density at radius 1 is 0.950 bits per heavy atom. The molecule has 0 bridgehead atoms. The molecule has 5 heteroatoms. The standard InChI is InChI=1S/C15H12F3NO/c16-12-7-6-11(14(17)15(12)18)8-13(20)19-9-10-4-2-1-3-5-10/h1-7H,8-9H2,(H,19,20). The van der Waals surface area contributed by atoms with Crippen LogP contribution in [-0.2, 0) is 17.8 Å². The Bertz CT molecular complexity index is 614. The number of hydrogen-bond donors (Lipinski definition) is 1. The molecule has 0 unspecified atom stereocenters. The van der Waals surface area contributed by atoms with Crippen LogP contribution in [0.2, 0.25) is 0 Å². The highest BCUT2D eigenvalue weighted by atomic mass is 19.2. The predicted molar refractivity (Wildman–Crippen MR) is 68.3 cm³/mol. The summed E-state index contributed by atoms with van der Waals surface area (Å²) in [6, 6.07) is 11.0. The first-order valence-electron chi connectivity index (χ1n) is 6.01. The normalized spacial score (nSPS) is 10.3. The smallest absolute Gasteiger partial charge is 0.224 e. The van der Waals surface area contributed by atoms with Crippen LogP contribution in [0.25, 0.3) is 0 Å². The van der Waals surface area contributed by atoms with Crippen LogP contribution in [0.4, 0.5) is 13.2 Å². The van der Waals surface area contributed by atoms with Crippen molar-refractivity contribution in [2.24, 2.45) is 0 Å². The SMILES string of the molecule is O=C(Cc1ccc(F)c(F)c1F)NCc1ccccc1. The Labute approximate surface area is 114 Å². The second-order valence-corrected chi connectivity index (χ2v) is 4.27. The van der Waals surface area contributed by atoms with Gasteiger partial charge in [0.05, 0.1) is 6.42 Å². The second-order valence-electron chi connectivity index (χ2n) is 4.27. The summed E-state index contributed by atoms with van der Waals surface area (Å²) < 4.78 is 39.2. The van der Waals surface area contributed by atoms with Gasteiger partial charge in [-0.15, -0.1) is 0 Å². The first kappa shape index (κ1) is 14.1. The lowest BCUT2D eigenvalue weighted by atomic mass is 10.1. The molecule has 1 amide bonds. The third kappa shape index (κ3) is 3.38. The van der Waals surface area contributed by atoms with Crippen LogP contribution in [0.3, 0.4) is 0 Å². The molecule has 0 radical (unpaired) electrons. The van der Waals surface area contributed by atoms with Gasteiger partial charge in [0.2, 0.25) is 5.91 Å². The number of hydrogen-bond acceptors (Lipinski definition) is 1. The molecule has 104 valence electrons. The molecule has 0 fully saturated rings. The molecule has 0 aromatic heterocycles. The third-order valence-corrected chi connectivity index (χ3v) is 2.80. The largest absolute Gasteiger partial charge is 0.352 e. The van der Waals surface area contributed by atoms with Gasteiger partial charge >= 0.3 is 0 Å². The molecule has 2 nitrogen and oxygen atoms in total. The van der Waals surface area contributed by atoms with Crippen LogP contribution in [0.5, 0.6) is 0 Å². The monoisotopic (exact) mass is 279 g/mol. The van der Waals surface area contributed by atoms with Crippen molar-refractivity contribution in [1.29, 1.82) is 0 Å². The molecular weight excluding hydrogens is 267 g/mol. The zero-order valence-electron chi connectivity index (χ0n) is 10.5. The van der Waals surface area contributed by atoms with Crippen LogP contribution in [0.1, 0.15) is 11.1 Å². The minimum absolute atomic E-state index is 0.172. The fourth-order valence-electron chi connectivity index (χ4n) is 1.73. The van der Waals surface area contributed by atoms with Crippen molar-refractivity contribution in [3.8, 4) is 0 Å². The number of rotatable bonds is 4. The van der Waals surface area contributed by atoms with E-state index in [4.69, 9.17) is 0 Å². The molecule has 20 heavy (non-hydrogen) atoms. The molecule has 2 aromatic rings. The molecule has 0 aliphatic heterocycles. The van der Waals surface area contributed by atoms with E-state index in [2.05, 4.69) is 5.32 Å². The molecule has 0 aliphatic carbocycles. The fraction of sp³-hybridized carbons (Fsp3) is 0.133. The lowest BCUT2D eigenvalue weighted by molar-refractivity contribution is -0.120. The van der Waals surface area contributed by atoms with Gasteiger partial charge in [-0.1, -0.05) is 36.4 Å². The van der Waals surface area contributed by atoms with E-state index >= 15 is 0 Å². The van der Waals surface area contributed by atoms with Crippen molar-refractivity contribution in [3.63, 3.8) is 0 Å². The molecule has 2 rings (SSSR count). The maximum atomic E-state index is 13.4. The van der Waals surface area contributed by atoms with E-state index in [1.807, 2.05) is 30.3 Å². The molecule has 0 heterocycles. The van der Waals surface area contributed by atoms with Crippen molar-refractivity contribution in [2.45, 2.75) is 13.0 Å². The lowest BCUT2D eigenvalue weighted by Crippen LogP contribution is -2.25. The Balaban J connectivity index is 1.97. The summed E-state index contributed by atoms with van der Waals surface area (Å²) in [5.41, 5.74) is 0.723. The van der Waals surface area contributed by atoms with Crippen molar-refractivity contribution in [2.75, 3.05) is 0 Å². The predicted octanol–water partition coefficient (Wildman–Crippen LogP) is 2.96. The van der Waals surface area contributed by atoms with Crippen LogP contribution < -0.4 is 5.32 Å². The average Bonchev–Trinajstić information content (AvgIpc) is 2.47. The van der Waals surface area contributed by atoms with Crippen LogP contribution in [0.15, 0.2) is 42.5 Å². The summed E-state index contributed by atoms with van der Waals surface area (Å²) in [6.07, 6.45) is -0.337. The Hall–Kier alpha value is -2.30. The summed E-state index contributed by atoms with van der Waals surface area (Å²) in [6.45, 7) is 0.297. The van der Waals surface area contributed by atoms with Gasteiger partial charge in [0.15, 0.2) is 17.5 Å². The Kier molecular flexibility index (Phi) is 4.40. The average molecular weight is 279 g/mol. The highest BCUT2D eigenvalue weighted by Gasteiger charge is 2.15. The molecule has 0 saturated heterocycles. The van der Waals surface area contributed by atoms with Gasteiger partial charge in [-0.25, -0.2) is 13.2 Å². The van der Waals surface area contributed by atoms with Crippen LogP contribution in [-0.4, -0.2) is 5.91 Å². The highest BCUT2D eigenvalue weighted by molar-refractivity contribution is 5.78. The van der Waals surface area contributed by atoms with Crippen molar-refractivity contribution >= 4 is 5.91 Å². The first-order valence-corrected chi connectivity index (χ1v) is 6.01. The Morgan fingerprint density at radius 3 is 2.35 bits per heavy atom.